The van der Waals surface area contributed by atoms with Crippen LogP contribution in [0.2, 0.25) is 0 Å². The van der Waals surface area contributed by atoms with E-state index in [2.05, 4.69) is 12.2 Å². The molecular weight excluding hydrogens is 188 g/mol. The Bertz CT molecular complexity index is 207. The molecule has 0 bridgehead atoms. The fourth-order valence-corrected chi connectivity index (χ4v) is 2.63. The lowest BCUT2D eigenvalue weighted by molar-refractivity contribution is 0.0562. The Morgan fingerprint density at radius 2 is 2.27 bits per heavy atom. The number of aliphatic hydroxyl groups excluding tert-OH is 1. The molecule has 2 heteroatoms. The standard InChI is InChI=1S/C13H22O2/c14-13(11-5-2-1-3-6-11)9-8-12-7-4-10-15-12/h1-2,11-14H,3-10H2. The SMILES string of the molecule is OC(CCC1CCCO1)C1CC=CCC1. The molecule has 3 unspecified atom stereocenters. The zero-order chi connectivity index (χ0) is 10.5. The lowest BCUT2D eigenvalue weighted by Gasteiger charge is -2.24. The molecule has 1 heterocycles. The van der Waals surface area contributed by atoms with Gasteiger partial charge in [-0.1, -0.05) is 12.2 Å². The van der Waals surface area contributed by atoms with Gasteiger partial charge in [0.25, 0.3) is 0 Å². The first-order valence-corrected chi connectivity index (χ1v) is 6.31. The molecule has 2 rings (SSSR count). The van der Waals surface area contributed by atoms with Crippen molar-refractivity contribution >= 4 is 0 Å². The molecule has 86 valence electrons. The number of allylic oxidation sites excluding steroid dienone is 2. The molecule has 0 saturated carbocycles. The second kappa shape index (κ2) is 5.66. The Morgan fingerprint density at radius 3 is 2.93 bits per heavy atom. The van der Waals surface area contributed by atoms with Crippen LogP contribution in [-0.2, 0) is 4.74 Å². The minimum absolute atomic E-state index is 0.112. The van der Waals surface area contributed by atoms with Crippen molar-refractivity contribution in [2.24, 2.45) is 5.92 Å². The van der Waals surface area contributed by atoms with Gasteiger partial charge < -0.3 is 9.84 Å². The third kappa shape index (κ3) is 3.32. The van der Waals surface area contributed by atoms with E-state index in [0.29, 0.717) is 12.0 Å². The molecule has 1 fully saturated rings. The monoisotopic (exact) mass is 210 g/mol. The van der Waals surface area contributed by atoms with E-state index < -0.39 is 0 Å². The van der Waals surface area contributed by atoms with Gasteiger partial charge in [-0.05, 0) is 50.9 Å². The highest BCUT2D eigenvalue weighted by molar-refractivity contribution is 4.92. The van der Waals surface area contributed by atoms with Crippen molar-refractivity contribution < 1.29 is 9.84 Å². The van der Waals surface area contributed by atoms with Crippen molar-refractivity contribution in [2.75, 3.05) is 6.61 Å². The average Bonchev–Trinajstić information content (AvgIpc) is 2.80. The topological polar surface area (TPSA) is 29.5 Å². The van der Waals surface area contributed by atoms with E-state index in [-0.39, 0.29) is 6.10 Å². The van der Waals surface area contributed by atoms with Gasteiger partial charge in [0.05, 0.1) is 12.2 Å². The first-order chi connectivity index (χ1) is 7.36. The van der Waals surface area contributed by atoms with Crippen LogP contribution in [0.4, 0.5) is 0 Å². The van der Waals surface area contributed by atoms with Crippen molar-refractivity contribution in [2.45, 2.75) is 57.2 Å². The lowest BCUT2D eigenvalue weighted by atomic mass is 9.87. The number of aliphatic hydroxyl groups is 1. The summed E-state index contributed by atoms with van der Waals surface area (Å²) in [5, 5.41) is 10.0. The van der Waals surface area contributed by atoms with Crippen LogP contribution in [0.1, 0.15) is 44.9 Å². The fraction of sp³-hybridized carbons (Fsp3) is 0.846. The summed E-state index contributed by atoms with van der Waals surface area (Å²) in [5.41, 5.74) is 0. The van der Waals surface area contributed by atoms with Gasteiger partial charge in [0.2, 0.25) is 0 Å². The van der Waals surface area contributed by atoms with Crippen LogP contribution in [0.5, 0.6) is 0 Å². The third-order valence-electron chi connectivity index (χ3n) is 3.66. The van der Waals surface area contributed by atoms with Gasteiger partial charge in [-0.25, -0.2) is 0 Å². The van der Waals surface area contributed by atoms with Gasteiger partial charge in [-0.15, -0.1) is 0 Å². The highest BCUT2D eigenvalue weighted by Gasteiger charge is 2.22. The summed E-state index contributed by atoms with van der Waals surface area (Å²) >= 11 is 0. The van der Waals surface area contributed by atoms with Crippen LogP contribution in [0.15, 0.2) is 12.2 Å². The Morgan fingerprint density at radius 1 is 1.33 bits per heavy atom. The van der Waals surface area contributed by atoms with Crippen molar-refractivity contribution in [3.8, 4) is 0 Å². The molecule has 1 saturated heterocycles. The van der Waals surface area contributed by atoms with Gasteiger partial charge in [-0.2, -0.15) is 0 Å². The first kappa shape index (κ1) is 11.2. The quantitative estimate of drug-likeness (QED) is 0.723. The first-order valence-electron chi connectivity index (χ1n) is 6.31. The van der Waals surface area contributed by atoms with Crippen LogP contribution in [-0.4, -0.2) is 23.9 Å². The van der Waals surface area contributed by atoms with E-state index >= 15 is 0 Å². The molecule has 2 aliphatic rings. The number of rotatable bonds is 4. The molecule has 1 aliphatic heterocycles. The van der Waals surface area contributed by atoms with E-state index in [1.165, 1.54) is 12.8 Å². The summed E-state index contributed by atoms with van der Waals surface area (Å²) in [4.78, 5) is 0. The summed E-state index contributed by atoms with van der Waals surface area (Å²) in [6.45, 7) is 0.924. The molecule has 0 aromatic heterocycles. The van der Waals surface area contributed by atoms with Crippen molar-refractivity contribution in [1.82, 2.24) is 0 Å². The zero-order valence-electron chi connectivity index (χ0n) is 9.40. The maximum Gasteiger partial charge on any atom is 0.0577 e. The maximum absolute atomic E-state index is 10.0. The Labute approximate surface area is 92.3 Å². The van der Waals surface area contributed by atoms with E-state index in [9.17, 15) is 5.11 Å². The van der Waals surface area contributed by atoms with Crippen LogP contribution in [0, 0.1) is 5.92 Å². The largest absolute Gasteiger partial charge is 0.393 e. The molecule has 0 radical (unpaired) electrons. The Hall–Kier alpha value is -0.340. The highest BCUT2D eigenvalue weighted by Crippen LogP contribution is 2.26. The molecule has 0 spiro atoms. The van der Waals surface area contributed by atoms with Crippen molar-refractivity contribution in [3.63, 3.8) is 0 Å². The van der Waals surface area contributed by atoms with E-state index in [4.69, 9.17) is 4.74 Å². The van der Waals surface area contributed by atoms with Crippen LogP contribution in [0.3, 0.4) is 0 Å². The Kier molecular flexibility index (Phi) is 4.21. The van der Waals surface area contributed by atoms with Crippen molar-refractivity contribution in [1.29, 1.82) is 0 Å². The van der Waals surface area contributed by atoms with Crippen molar-refractivity contribution in [3.05, 3.63) is 12.2 Å². The molecule has 2 nitrogen and oxygen atoms in total. The summed E-state index contributed by atoms with van der Waals surface area (Å²) < 4.78 is 5.57. The van der Waals surface area contributed by atoms with Gasteiger partial charge in [0, 0.05) is 6.61 Å². The van der Waals surface area contributed by atoms with Gasteiger partial charge >= 0.3 is 0 Å². The summed E-state index contributed by atoms with van der Waals surface area (Å²) in [5.74, 6) is 0.497. The van der Waals surface area contributed by atoms with Crippen LogP contribution in [0.25, 0.3) is 0 Å². The van der Waals surface area contributed by atoms with Gasteiger partial charge in [0.15, 0.2) is 0 Å². The van der Waals surface area contributed by atoms with E-state index in [0.717, 1.165) is 38.7 Å². The molecule has 15 heavy (non-hydrogen) atoms. The summed E-state index contributed by atoms with van der Waals surface area (Å²) in [6.07, 6.45) is 12.5. The molecule has 3 atom stereocenters. The van der Waals surface area contributed by atoms with Gasteiger partial charge in [0.1, 0.15) is 0 Å². The van der Waals surface area contributed by atoms with E-state index in [1.54, 1.807) is 0 Å². The predicted molar refractivity (Wildman–Crippen MR) is 60.7 cm³/mol. The molecule has 1 aliphatic carbocycles. The molecule has 0 aromatic carbocycles. The minimum atomic E-state index is -0.112. The van der Waals surface area contributed by atoms with Gasteiger partial charge in [-0.3, -0.25) is 0 Å². The maximum atomic E-state index is 10.0. The molecule has 0 aromatic rings. The second-order valence-corrected chi connectivity index (χ2v) is 4.82. The number of ether oxygens (including phenoxy) is 1. The highest BCUT2D eigenvalue weighted by atomic mass is 16.5. The normalized spacial score (nSPS) is 33.1. The van der Waals surface area contributed by atoms with E-state index in [1.807, 2.05) is 0 Å². The predicted octanol–water partition coefficient (Wildman–Crippen LogP) is 2.66. The molecular formula is C13H22O2. The average molecular weight is 210 g/mol. The zero-order valence-corrected chi connectivity index (χ0v) is 9.40. The number of hydrogen-bond donors (Lipinski definition) is 1. The molecule has 1 N–H and O–H groups in total. The summed E-state index contributed by atoms with van der Waals surface area (Å²) in [7, 11) is 0. The molecule has 0 amide bonds. The lowest BCUT2D eigenvalue weighted by Crippen LogP contribution is -2.23. The Balaban J connectivity index is 1.66. The fourth-order valence-electron chi connectivity index (χ4n) is 2.63. The second-order valence-electron chi connectivity index (χ2n) is 4.82. The van der Waals surface area contributed by atoms with Crippen LogP contribution >= 0.6 is 0 Å². The summed E-state index contributed by atoms with van der Waals surface area (Å²) in [6, 6.07) is 0. The minimum Gasteiger partial charge on any atom is -0.393 e. The smallest absolute Gasteiger partial charge is 0.0577 e. The van der Waals surface area contributed by atoms with Crippen LogP contribution < -0.4 is 0 Å². The number of hydrogen-bond acceptors (Lipinski definition) is 2. The third-order valence-corrected chi connectivity index (χ3v) is 3.66.